The van der Waals surface area contributed by atoms with Gasteiger partial charge in [0.2, 0.25) is 0 Å². The number of amidine groups is 1. The number of benzene rings is 1. The Morgan fingerprint density at radius 3 is 2.31 bits per heavy atom. The van der Waals surface area contributed by atoms with E-state index in [0.29, 0.717) is 5.84 Å². The molecule has 126 valence electrons. The lowest BCUT2D eigenvalue weighted by Gasteiger charge is -2.15. The molecule has 1 heterocycles. The Kier molecular flexibility index (Phi) is 4.08. The van der Waals surface area contributed by atoms with Crippen molar-refractivity contribution < 1.29 is 0 Å². The number of rotatable bonds is 2. The first kappa shape index (κ1) is 17.7. The maximum atomic E-state index is 10.1. The first-order valence-corrected chi connectivity index (χ1v) is 8.70. The van der Waals surface area contributed by atoms with E-state index < -0.39 is 16.7 Å². The van der Waals surface area contributed by atoms with Gasteiger partial charge in [-0.25, -0.2) is 0 Å². The molecular formula is C19H13BrN6. The van der Waals surface area contributed by atoms with Gasteiger partial charge in [0, 0.05) is 16.4 Å². The van der Waals surface area contributed by atoms with Gasteiger partial charge in [-0.3, -0.25) is 4.99 Å². The molecule has 1 aliphatic heterocycles. The van der Waals surface area contributed by atoms with Crippen LogP contribution in [0.15, 0.2) is 45.0 Å². The minimum absolute atomic E-state index is 0.116. The molecule has 3 atom stereocenters. The number of allylic oxidation sites excluding steroid dienone is 2. The van der Waals surface area contributed by atoms with Crippen molar-refractivity contribution in [3.05, 3.63) is 45.6 Å². The number of hydrogen-bond acceptors (Lipinski definition) is 5. The molecular weight excluding hydrogens is 392 g/mol. The number of hydrogen-bond donors (Lipinski definition) is 1. The van der Waals surface area contributed by atoms with Gasteiger partial charge >= 0.3 is 0 Å². The predicted octanol–water partition coefficient (Wildman–Crippen LogP) is 3.28. The third-order valence-electron chi connectivity index (χ3n) is 4.81. The molecule has 1 saturated carbocycles. The van der Waals surface area contributed by atoms with Gasteiger partial charge in [-0.05, 0) is 31.5 Å². The van der Waals surface area contributed by atoms with Gasteiger partial charge in [-0.2, -0.15) is 21.0 Å². The number of halogens is 1. The van der Waals surface area contributed by atoms with Crippen LogP contribution in [0.3, 0.4) is 0 Å². The van der Waals surface area contributed by atoms with Crippen LogP contribution in [-0.4, -0.2) is 11.9 Å². The highest BCUT2D eigenvalue weighted by Gasteiger charge is 2.87. The van der Waals surface area contributed by atoms with Crippen LogP contribution in [0.4, 0.5) is 0 Å². The third kappa shape index (κ3) is 2.02. The molecule has 1 saturated heterocycles. The zero-order valence-corrected chi connectivity index (χ0v) is 15.7. The molecule has 3 rings (SSSR count). The topological polar surface area (TPSA) is 120 Å². The summed E-state index contributed by atoms with van der Waals surface area (Å²) in [5, 5.41) is 41.8. The number of nitrogens with zero attached hydrogens (tertiary/aromatic N) is 5. The Bertz CT molecular complexity index is 1010. The fourth-order valence-electron chi connectivity index (χ4n) is 3.84. The SMILES string of the molecule is CC(C)N=C1NC(=C(C#N)C#N)C2(C#N)C(c3cccc(Br)c3)C12C#N. The van der Waals surface area contributed by atoms with Crippen molar-refractivity contribution in [2.45, 2.75) is 25.8 Å². The van der Waals surface area contributed by atoms with E-state index in [1.54, 1.807) is 0 Å². The molecule has 0 aromatic heterocycles. The van der Waals surface area contributed by atoms with Gasteiger partial charge < -0.3 is 5.32 Å². The maximum absolute atomic E-state index is 10.1. The molecule has 1 aromatic carbocycles. The van der Waals surface area contributed by atoms with Crippen molar-refractivity contribution in [1.82, 2.24) is 5.32 Å². The van der Waals surface area contributed by atoms with Crippen LogP contribution in [-0.2, 0) is 0 Å². The van der Waals surface area contributed by atoms with Gasteiger partial charge in [0.1, 0.15) is 28.8 Å². The van der Waals surface area contributed by atoms with Gasteiger partial charge in [0.25, 0.3) is 0 Å². The number of fused-ring (bicyclic) bond motifs is 1. The summed E-state index contributed by atoms with van der Waals surface area (Å²) in [5.41, 5.74) is -1.79. The molecule has 0 bridgehead atoms. The normalized spacial score (nSPS) is 29.8. The molecule has 0 radical (unpaired) electrons. The van der Waals surface area contributed by atoms with Crippen molar-refractivity contribution in [2.75, 3.05) is 0 Å². The number of nitrogens with one attached hydrogen (secondary N) is 1. The van der Waals surface area contributed by atoms with Crippen LogP contribution in [0.2, 0.25) is 0 Å². The van der Waals surface area contributed by atoms with Crippen molar-refractivity contribution in [3.8, 4) is 24.3 Å². The van der Waals surface area contributed by atoms with Crippen molar-refractivity contribution >= 4 is 21.8 Å². The molecule has 1 aromatic rings. The molecule has 1 N–H and O–H groups in total. The molecule has 6 nitrogen and oxygen atoms in total. The van der Waals surface area contributed by atoms with Gasteiger partial charge in [0.15, 0.2) is 5.57 Å². The molecule has 2 fully saturated rings. The van der Waals surface area contributed by atoms with Gasteiger partial charge in [-0.15, -0.1) is 0 Å². The standard InChI is InChI=1S/C19H13BrN6/c1-11(2)25-17-19(10-24)15(12-4-3-5-14(20)6-12)18(19,9-23)16(26-17)13(7-21)8-22/h3-6,11,15H,1-2H3,(H,25,26). The van der Waals surface area contributed by atoms with Crippen LogP contribution in [0.25, 0.3) is 0 Å². The quantitative estimate of drug-likeness (QED) is 0.758. The van der Waals surface area contributed by atoms with Crippen LogP contribution < -0.4 is 5.32 Å². The minimum Gasteiger partial charge on any atom is -0.343 e. The summed E-state index contributed by atoms with van der Waals surface area (Å²) in [7, 11) is 0. The van der Waals surface area contributed by atoms with E-state index in [0.717, 1.165) is 10.0 Å². The minimum atomic E-state index is -1.32. The summed E-state index contributed by atoms with van der Waals surface area (Å²) < 4.78 is 0.822. The number of piperidine rings is 1. The van der Waals surface area contributed by atoms with Crippen molar-refractivity contribution in [3.63, 3.8) is 0 Å². The Balaban J connectivity index is 2.35. The lowest BCUT2D eigenvalue weighted by Crippen LogP contribution is -2.28. The second kappa shape index (κ2) is 5.99. The fraction of sp³-hybridized carbons (Fsp3) is 0.316. The zero-order valence-electron chi connectivity index (χ0n) is 14.1. The van der Waals surface area contributed by atoms with E-state index in [-0.39, 0.29) is 17.3 Å². The molecule has 1 aliphatic carbocycles. The van der Waals surface area contributed by atoms with Crippen LogP contribution in [0.5, 0.6) is 0 Å². The van der Waals surface area contributed by atoms with Crippen LogP contribution >= 0.6 is 15.9 Å². The summed E-state index contributed by atoms with van der Waals surface area (Å²) in [4.78, 5) is 4.50. The highest BCUT2D eigenvalue weighted by atomic mass is 79.9. The van der Waals surface area contributed by atoms with E-state index in [2.05, 4.69) is 38.4 Å². The Labute approximate surface area is 159 Å². The molecule has 0 amide bonds. The smallest absolute Gasteiger partial charge is 0.150 e. The average Bonchev–Trinajstić information content (AvgIpc) is 3.15. The molecule has 7 heteroatoms. The third-order valence-corrected chi connectivity index (χ3v) is 5.30. The summed E-state index contributed by atoms with van der Waals surface area (Å²) >= 11 is 3.42. The molecule has 0 spiro atoms. The van der Waals surface area contributed by atoms with E-state index in [4.69, 9.17) is 0 Å². The van der Waals surface area contributed by atoms with E-state index in [9.17, 15) is 21.0 Å². The first-order chi connectivity index (χ1) is 12.4. The first-order valence-electron chi connectivity index (χ1n) is 7.91. The highest BCUT2D eigenvalue weighted by Crippen LogP contribution is 2.80. The van der Waals surface area contributed by atoms with Gasteiger partial charge in [-0.1, -0.05) is 28.1 Å². The Morgan fingerprint density at radius 2 is 1.81 bits per heavy atom. The Hall–Kier alpha value is -3.13. The van der Waals surface area contributed by atoms with E-state index >= 15 is 0 Å². The number of aliphatic imine (C=N–C) groups is 1. The average molecular weight is 405 g/mol. The monoisotopic (exact) mass is 404 g/mol. The van der Waals surface area contributed by atoms with Crippen LogP contribution in [0.1, 0.15) is 25.3 Å². The molecule has 3 unspecified atom stereocenters. The molecule has 2 aliphatic rings. The van der Waals surface area contributed by atoms with Crippen molar-refractivity contribution in [2.24, 2.45) is 15.8 Å². The Morgan fingerprint density at radius 1 is 1.15 bits per heavy atom. The molecule has 26 heavy (non-hydrogen) atoms. The summed E-state index contributed by atoms with van der Waals surface area (Å²) in [5.74, 6) is -0.160. The summed E-state index contributed by atoms with van der Waals surface area (Å²) in [6.45, 7) is 3.73. The fourth-order valence-corrected chi connectivity index (χ4v) is 4.26. The highest BCUT2D eigenvalue weighted by molar-refractivity contribution is 9.10. The van der Waals surface area contributed by atoms with Gasteiger partial charge in [0.05, 0.1) is 17.8 Å². The zero-order chi connectivity index (χ0) is 19.1. The second-order valence-electron chi connectivity index (χ2n) is 6.50. The predicted molar refractivity (Wildman–Crippen MR) is 96.9 cm³/mol. The largest absolute Gasteiger partial charge is 0.343 e. The van der Waals surface area contributed by atoms with E-state index in [1.807, 2.05) is 50.3 Å². The van der Waals surface area contributed by atoms with E-state index in [1.165, 1.54) is 0 Å². The second-order valence-corrected chi connectivity index (χ2v) is 7.41. The lowest BCUT2D eigenvalue weighted by molar-refractivity contribution is 0.711. The summed E-state index contributed by atoms with van der Waals surface area (Å²) in [6.07, 6.45) is 0. The maximum Gasteiger partial charge on any atom is 0.150 e. The summed E-state index contributed by atoms with van der Waals surface area (Å²) in [6, 6.07) is 15.5. The van der Waals surface area contributed by atoms with Crippen molar-refractivity contribution in [1.29, 1.82) is 21.0 Å². The number of nitriles is 4. The van der Waals surface area contributed by atoms with Crippen LogP contribution in [0, 0.1) is 56.2 Å². The lowest BCUT2D eigenvalue weighted by atomic mass is 9.93.